The second-order valence-electron chi connectivity index (χ2n) is 4.50. The van der Waals surface area contributed by atoms with E-state index in [0.29, 0.717) is 5.69 Å². The molecule has 1 N–H and O–H groups in total. The average Bonchev–Trinajstić information content (AvgIpc) is 2.59. The topological polar surface area (TPSA) is 77.0 Å². The Labute approximate surface area is 133 Å². The highest BCUT2D eigenvalue weighted by Gasteiger charge is 2.13. The molecule has 0 bridgehead atoms. The number of nitrogens with zero attached hydrogens (tertiary/aromatic N) is 1. The molecule has 2 aromatic rings. The minimum atomic E-state index is -0.524. The molecule has 0 aliphatic heterocycles. The fourth-order valence-corrected chi connectivity index (χ4v) is 1.80. The number of esters is 1. The highest BCUT2D eigenvalue weighted by Crippen LogP contribution is 2.15. The van der Waals surface area contributed by atoms with Crippen molar-refractivity contribution in [2.75, 3.05) is 19.0 Å². The molecule has 118 valence electrons. The lowest BCUT2D eigenvalue weighted by molar-refractivity contribution is -0.120. The Morgan fingerprint density at radius 2 is 1.78 bits per heavy atom. The maximum Gasteiger partial charge on any atom is 0.339 e. The molecule has 0 saturated heterocycles. The number of hydrogen-bond acceptors (Lipinski definition) is 5. The molecule has 6 nitrogen and oxygen atoms in total. The van der Waals surface area contributed by atoms with Crippen molar-refractivity contribution in [3.8, 4) is 0 Å². The highest BCUT2D eigenvalue weighted by atomic mass is 16.6. The van der Waals surface area contributed by atoms with Gasteiger partial charge in [0, 0.05) is 0 Å². The smallest absolute Gasteiger partial charge is 0.339 e. The lowest BCUT2D eigenvalue weighted by Gasteiger charge is -2.08. The summed E-state index contributed by atoms with van der Waals surface area (Å²) < 4.78 is 4.66. The van der Waals surface area contributed by atoms with E-state index in [2.05, 4.69) is 15.2 Å². The predicted molar refractivity (Wildman–Crippen MR) is 86.4 cm³/mol. The van der Waals surface area contributed by atoms with Gasteiger partial charge in [-0.2, -0.15) is 0 Å². The van der Waals surface area contributed by atoms with Crippen LogP contribution in [0.15, 0.2) is 59.8 Å². The molecule has 6 heteroatoms. The summed E-state index contributed by atoms with van der Waals surface area (Å²) in [6, 6.07) is 15.9. The summed E-state index contributed by atoms with van der Waals surface area (Å²) in [6.07, 6.45) is 1.51. The van der Waals surface area contributed by atoms with Gasteiger partial charge in [-0.25, -0.2) is 4.79 Å². The van der Waals surface area contributed by atoms with Gasteiger partial charge in [-0.3, -0.25) is 4.79 Å². The van der Waals surface area contributed by atoms with Gasteiger partial charge in [-0.1, -0.05) is 47.6 Å². The van der Waals surface area contributed by atoms with Crippen LogP contribution in [-0.4, -0.2) is 31.8 Å². The fourth-order valence-electron chi connectivity index (χ4n) is 1.80. The third-order valence-electron chi connectivity index (χ3n) is 2.88. The molecule has 0 saturated carbocycles. The van der Waals surface area contributed by atoms with Gasteiger partial charge < -0.3 is 14.9 Å². The summed E-state index contributed by atoms with van der Waals surface area (Å²) in [4.78, 5) is 28.4. The van der Waals surface area contributed by atoms with E-state index in [1.165, 1.54) is 13.3 Å². The molecule has 2 rings (SSSR count). The zero-order chi connectivity index (χ0) is 16.5. The van der Waals surface area contributed by atoms with Crippen molar-refractivity contribution >= 4 is 23.8 Å². The van der Waals surface area contributed by atoms with Gasteiger partial charge in [0.1, 0.15) is 0 Å². The van der Waals surface area contributed by atoms with E-state index < -0.39 is 11.9 Å². The van der Waals surface area contributed by atoms with Crippen molar-refractivity contribution in [2.45, 2.75) is 0 Å². The molecular formula is C17H16N2O4. The molecule has 0 unspecified atom stereocenters. The Morgan fingerprint density at radius 1 is 1.09 bits per heavy atom. The molecule has 23 heavy (non-hydrogen) atoms. The number of anilines is 1. The number of benzene rings is 2. The van der Waals surface area contributed by atoms with Crippen LogP contribution in [0.5, 0.6) is 0 Å². The standard InChI is InChI=1S/C17H16N2O4/c1-22-17(21)14-9-5-6-10-15(14)19-16(20)12-23-18-11-13-7-3-2-4-8-13/h2-11H,12H2,1H3,(H,19,20)/b18-11+. The Bertz CT molecular complexity index is 699. The SMILES string of the molecule is COC(=O)c1ccccc1NC(=O)CO/N=C/c1ccccc1. The summed E-state index contributed by atoms with van der Waals surface area (Å²) in [5.41, 5.74) is 1.50. The molecule has 1 amide bonds. The summed E-state index contributed by atoms with van der Waals surface area (Å²) in [5.74, 6) is -0.949. The lowest BCUT2D eigenvalue weighted by atomic mass is 10.2. The monoisotopic (exact) mass is 312 g/mol. The summed E-state index contributed by atoms with van der Waals surface area (Å²) in [6.45, 7) is -0.265. The van der Waals surface area contributed by atoms with Crippen LogP contribution in [0.3, 0.4) is 0 Å². The van der Waals surface area contributed by atoms with E-state index in [9.17, 15) is 9.59 Å². The van der Waals surface area contributed by atoms with Crippen molar-refractivity contribution in [2.24, 2.45) is 5.16 Å². The number of ether oxygens (including phenoxy) is 1. The van der Waals surface area contributed by atoms with Crippen molar-refractivity contribution < 1.29 is 19.2 Å². The quantitative estimate of drug-likeness (QED) is 0.505. The molecule has 2 aromatic carbocycles. The van der Waals surface area contributed by atoms with Gasteiger partial charge in [-0.05, 0) is 17.7 Å². The van der Waals surface area contributed by atoms with E-state index in [0.717, 1.165) is 5.56 Å². The second kappa shape index (κ2) is 8.33. The van der Waals surface area contributed by atoms with Crippen LogP contribution >= 0.6 is 0 Å². The van der Waals surface area contributed by atoms with E-state index >= 15 is 0 Å². The van der Waals surface area contributed by atoms with Crippen molar-refractivity contribution in [3.63, 3.8) is 0 Å². The van der Waals surface area contributed by atoms with Crippen LogP contribution in [0, 0.1) is 0 Å². The van der Waals surface area contributed by atoms with Gasteiger partial charge in [0.15, 0.2) is 6.61 Å². The molecule has 0 heterocycles. The van der Waals surface area contributed by atoms with Crippen LogP contribution in [0.1, 0.15) is 15.9 Å². The number of nitrogens with one attached hydrogen (secondary N) is 1. The maximum absolute atomic E-state index is 11.8. The van der Waals surface area contributed by atoms with Crippen LogP contribution < -0.4 is 5.32 Å². The molecule has 0 atom stereocenters. The third kappa shape index (κ3) is 4.96. The number of para-hydroxylation sites is 1. The molecule has 0 fully saturated rings. The summed E-state index contributed by atoms with van der Waals surface area (Å²) in [7, 11) is 1.28. The Kier molecular flexibility index (Phi) is 5.88. The molecular weight excluding hydrogens is 296 g/mol. The first-order valence-electron chi connectivity index (χ1n) is 6.88. The number of methoxy groups -OCH3 is 1. The minimum absolute atomic E-state index is 0.265. The van der Waals surface area contributed by atoms with Crippen LogP contribution in [0.4, 0.5) is 5.69 Å². The first-order valence-corrected chi connectivity index (χ1v) is 6.88. The summed E-state index contributed by atoms with van der Waals surface area (Å²) in [5, 5.41) is 6.31. The fraction of sp³-hybridized carbons (Fsp3) is 0.118. The Morgan fingerprint density at radius 3 is 2.52 bits per heavy atom. The predicted octanol–water partition coefficient (Wildman–Crippen LogP) is 2.46. The number of carbonyl (C=O) groups excluding carboxylic acids is 2. The maximum atomic E-state index is 11.8. The van der Waals surface area contributed by atoms with E-state index in [1.54, 1.807) is 24.3 Å². The van der Waals surface area contributed by atoms with Gasteiger partial charge in [0.25, 0.3) is 5.91 Å². The van der Waals surface area contributed by atoms with E-state index in [4.69, 9.17) is 4.84 Å². The normalized spacial score (nSPS) is 10.3. The Hall–Kier alpha value is -3.15. The number of rotatable bonds is 6. The molecule has 0 radical (unpaired) electrons. The van der Waals surface area contributed by atoms with Crippen molar-refractivity contribution in [3.05, 3.63) is 65.7 Å². The molecule has 0 aliphatic carbocycles. The van der Waals surface area contributed by atoms with Crippen LogP contribution in [0.25, 0.3) is 0 Å². The number of amides is 1. The molecule has 0 aliphatic rings. The minimum Gasteiger partial charge on any atom is -0.465 e. The highest BCUT2D eigenvalue weighted by molar-refractivity contribution is 6.01. The lowest BCUT2D eigenvalue weighted by Crippen LogP contribution is -2.19. The third-order valence-corrected chi connectivity index (χ3v) is 2.88. The van der Waals surface area contributed by atoms with Crippen LogP contribution in [-0.2, 0) is 14.4 Å². The molecule has 0 aromatic heterocycles. The van der Waals surface area contributed by atoms with Gasteiger partial charge in [0.05, 0.1) is 24.6 Å². The number of hydrogen-bond donors (Lipinski definition) is 1. The molecule has 0 spiro atoms. The van der Waals surface area contributed by atoms with E-state index in [-0.39, 0.29) is 12.2 Å². The average molecular weight is 312 g/mol. The number of carbonyl (C=O) groups is 2. The Balaban J connectivity index is 1.88. The van der Waals surface area contributed by atoms with E-state index in [1.807, 2.05) is 30.3 Å². The zero-order valence-electron chi connectivity index (χ0n) is 12.6. The largest absolute Gasteiger partial charge is 0.465 e. The van der Waals surface area contributed by atoms with Gasteiger partial charge in [0.2, 0.25) is 0 Å². The van der Waals surface area contributed by atoms with Crippen molar-refractivity contribution in [1.82, 2.24) is 0 Å². The zero-order valence-corrected chi connectivity index (χ0v) is 12.6. The first-order chi connectivity index (χ1) is 11.2. The van der Waals surface area contributed by atoms with Gasteiger partial charge in [-0.15, -0.1) is 0 Å². The first kappa shape index (κ1) is 16.2. The van der Waals surface area contributed by atoms with Crippen molar-refractivity contribution in [1.29, 1.82) is 0 Å². The summed E-state index contributed by atoms with van der Waals surface area (Å²) >= 11 is 0. The van der Waals surface area contributed by atoms with Gasteiger partial charge >= 0.3 is 5.97 Å². The second-order valence-corrected chi connectivity index (χ2v) is 4.50. The van der Waals surface area contributed by atoms with Crippen LogP contribution in [0.2, 0.25) is 0 Å². The number of oxime groups is 1.